The van der Waals surface area contributed by atoms with Crippen molar-refractivity contribution >= 4 is 40.3 Å². The van der Waals surface area contributed by atoms with Crippen LogP contribution in [-0.2, 0) is 9.53 Å². The Balaban J connectivity index is 2.88. The number of halogens is 3. The summed E-state index contributed by atoms with van der Waals surface area (Å²) in [6.45, 7) is 3.76. The Bertz CT molecular complexity index is 544. The molecule has 1 unspecified atom stereocenters. The van der Waals surface area contributed by atoms with Gasteiger partial charge in [-0.05, 0) is 47.1 Å². The normalized spacial score (nSPS) is 12.0. The molecule has 0 heterocycles. The van der Waals surface area contributed by atoms with Crippen LogP contribution in [0.3, 0.4) is 0 Å². The van der Waals surface area contributed by atoms with Crippen LogP contribution in [0.15, 0.2) is 12.1 Å². The van der Waals surface area contributed by atoms with Crippen molar-refractivity contribution in [1.29, 1.82) is 0 Å². The van der Waals surface area contributed by atoms with Crippen molar-refractivity contribution in [2.75, 3.05) is 12.4 Å². The molecule has 0 aliphatic heterocycles. The largest absolute Gasteiger partial charge is 0.453 e. The van der Waals surface area contributed by atoms with E-state index in [1.54, 1.807) is 0 Å². The molecule has 0 aliphatic carbocycles. The van der Waals surface area contributed by atoms with Crippen molar-refractivity contribution in [3.63, 3.8) is 0 Å². The molecule has 0 saturated carbocycles. The highest BCUT2D eigenvalue weighted by molar-refractivity contribution is 14.1. The van der Waals surface area contributed by atoms with Crippen molar-refractivity contribution in [2.24, 2.45) is 5.92 Å². The van der Waals surface area contributed by atoms with Gasteiger partial charge < -0.3 is 15.4 Å². The summed E-state index contributed by atoms with van der Waals surface area (Å²) in [4.78, 5) is 23.5. The number of benzene rings is 1. The standard InChI is InChI=1S/C14H17F2IN2O3/c1-7(2)4-11(19-14(21)22-3)13(20)18-8-5-9(15)12(17)10(16)6-8/h5-7,11H,4H2,1-3H3,(H,18,20)(H,19,21). The van der Waals surface area contributed by atoms with Crippen LogP contribution in [0.2, 0.25) is 0 Å². The van der Waals surface area contributed by atoms with E-state index in [4.69, 9.17) is 0 Å². The van der Waals surface area contributed by atoms with Gasteiger partial charge in [0.25, 0.3) is 0 Å². The van der Waals surface area contributed by atoms with Crippen LogP contribution in [0.5, 0.6) is 0 Å². The Morgan fingerprint density at radius 1 is 1.27 bits per heavy atom. The number of hydrogen-bond acceptors (Lipinski definition) is 3. The van der Waals surface area contributed by atoms with Gasteiger partial charge in [-0.25, -0.2) is 13.6 Å². The van der Waals surface area contributed by atoms with E-state index in [0.717, 1.165) is 12.1 Å². The number of alkyl carbamates (subject to hydrolysis) is 1. The molecule has 1 aromatic carbocycles. The smallest absolute Gasteiger partial charge is 0.407 e. The number of hydrogen-bond donors (Lipinski definition) is 2. The van der Waals surface area contributed by atoms with Crippen LogP contribution in [0.1, 0.15) is 20.3 Å². The number of amides is 2. The minimum Gasteiger partial charge on any atom is -0.453 e. The fourth-order valence-corrected chi connectivity index (χ4v) is 2.07. The highest BCUT2D eigenvalue weighted by atomic mass is 127. The molecule has 1 rings (SSSR count). The molecule has 1 atom stereocenters. The van der Waals surface area contributed by atoms with Gasteiger partial charge >= 0.3 is 6.09 Å². The second-order valence-electron chi connectivity index (χ2n) is 5.06. The van der Waals surface area contributed by atoms with Gasteiger partial charge in [0.15, 0.2) is 0 Å². The van der Waals surface area contributed by atoms with Crippen molar-refractivity contribution in [3.8, 4) is 0 Å². The zero-order valence-corrected chi connectivity index (χ0v) is 14.5. The first-order chi connectivity index (χ1) is 10.2. The molecule has 122 valence electrons. The lowest BCUT2D eigenvalue weighted by molar-refractivity contribution is -0.118. The number of carbonyl (C=O) groups is 2. The fraction of sp³-hybridized carbons (Fsp3) is 0.429. The molecule has 1 aromatic rings. The summed E-state index contributed by atoms with van der Waals surface area (Å²) >= 11 is 1.53. The Kier molecular flexibility index (Phi) is 6.98. The maximum atomic E-state index is 13.5. The van der Waals surface area contributed by atoms with Crippen molar-refractivity contribution in [2.45, 2.75) is 26.3 Å². The highest BCUT2D eigenvalue weighted by Gasteiger charge is 2.23. The molecule has 0 aromatic heterocycles. The Hall–Kier alpha value is -1.45. The maximum Gasteiger partial charge on any atom is 0.407 e. The van der Waals surface area contributed by atoms with Gasteiger partial charge in [-0.3, -0.25) is 4.79 Å². The van der Waals surface area contributed by atoms with E-state index in [0.29, 0.717) is 6.42 Å². The van der Waals surface area contributed by atoms with E-state index in [-0.39, 0.29) is 15.2 Å². The van der Waals surface area contributed by atoms with Gasteiger partial charge in [-0.1, -0.05) is 13.8 Å². The average molecular weight is 426 g/mol. The van der Waals surface area contributed by atoms with Crippen molar-refractivity contribution in [1.82, 2.24) is 5.32 Å². The third-order valence-electron chi connectivity index (χ3n) is 2.75. The number of nitrogens with one attached hydrogen (secondary N) is 2. The number of methoxy groups -OCH3 is 1. The zero-order valence-electron chi connectivity index (χ0n) is 12.4. The maximum absolute atomic E-state index is 13.5. The fourth-order valence-electron chi connectivity index (χ4n) is 1.76. The monoisotopic (exact) mass is 426 g/mol. The molecule has 8 heteroatoms. The molecule has 22 heavy (non-hydrogen) atoms. The van der Waals surface area contributed by atoms with Crippen LogP contribution in [0.25, 0.3) is 0 Å². The van der Waals surface area contributed by atoms with Gasteiger partial charge in [0.05, 0.1) is 10.7 Å². The summed E-state index contributed by atoms with van der Waals surface area (Å²) in [5.74, 6) is -1.98. The SMILES string of the molecule is COC(=O)NC(CC(C)C)C(=O)Nc1cc(F)c(I)c(F)c1. The van der Waals surface area contributed by atoms with E-state index in [2.05, 4.69) is 15.4 Å². The quantitative estimate of drug-likeness (QED) is 0.561. The second-order valence-corrected chi connectivity index (χ2v) is 6.14. The summed E-state index contributed by atoms with van der Waals surface area (Å²) < 4.78 is 31.3. The van der Waals surface area contributed by atoms with Gasteiger partial charge in [0, 0.05) is 5.69 Å². The second kappa shape index (κ2) is 8.25. The first kappa shape index (κ1) is 18.6. The molecular weight excluding hydrogens is 409 g/mol. The van der Waals surface area contributed by atoms with Gasteiger partial charge in [0.1, 0.15) is 17.7 Å². The lowest BCUT2D eigenvalue weighted by Crippen LogP contribution is -2.44. The minimum absolute atomic E-state index is 0.0131. The highest BCUT2D eigenvalue weighted by Crippen LogP contribution is 2.21. The van der Waals surface area contributed by atoms with E-state index in [1.807, 2.05) is 13.8 Å². The third kappa shape index (κ3) is 5.39. The van der Waals surface area contributed by atoms with Gasteiger partial charge in [-0.15, -0.1) is 0 Å². The number of carbonyl (C=O) groups excluding carboxylic acids is 2. The average Bonchev–Trinajstić information content (AvgIpc) is 2.43. The predicted octanol–water partition coefficient (Wildman–Crippen LogP) is 3.28. The summed E-state index contributed by atoms with van der Waals surface area (Å²) in [5.41, 5.74) is -0.0131. The number of ether oxygens (including phenoxy) is 1. The van der Waals surface area contributed by atoms with E-state index >= 15 is 0 Å². The molecule has 0 fully saturated rings. The lowest BCUT2D eigenvalue weighted by atomic mass is 10.0. The summed E-state index contributed by atoms with van der Waals surface area (Å²) in [6, 6.07) is 1.18. The van der Waals surface area contributed by atoms with Crippen LogP contribution >= 0.6 is 22.6 Å². The molecule has 2 amide bonds. The Labute approximate surface area is 140 Å². The van der Waals surface area contributed by atoms with E-state index in [9.17, 15) is 18.4 Å². The van der Waals surface area contributed by atoms with Crippen LogP contribution in [0.4, 0.5) is 19.3 Å². The molecular formula is C14H17F2IN2O3. The van der Waals surface area contributed by atoms with Crippen LogP contribution in [0, 0.1) is 21.1 Å². The van der Waals surface area contributed by atoms with Crippen LogP contribution < -0.4 is 10.6 Å². The predicted molar refractivity (Wildman–Crippen MR) is 86.5 cm³/mol. The lowest BCUT2D eigenvalue weighted by Gasteiger charge is -2.19. The Morgan fingerprint density at radius 2 is 1.82 bits per heavy atom. The molecule has 0 saturated heterocycles. The first-order valence-corrected chi connectivity index (χ1v) is 7.62. The summed E-state index contributed by atoms with van der Waals surface area (Å²) in [7, 11) is 1.18. The summed E-state index contributed by atoms with van der Waals surface area (Å²) in [6.07, 6.45) is -0.392. The topological polar surface area (TPSA) is 67.4 Å². The third-order valence-corrected chi connectivity index (χ3v) is 3.78. The number of rotatable bonds is 5. The molecule has 5 nitrogen and oxygen atoms in total. The van der Waals surface area contributed by atoms with Gasteiger partial charge in [0.2, 0.25) is 5.91 Å². The number of anilines is 1. The molecule has 0 spiro atoms. The van der Waals surface area contributed by atoms with E-state index in [1.165, 1.54) is 29.7 Å². The van der Waals surface area contributed by atoms with Crippen LogP contribution in [-0.4, -0.2) is 25.2 Å². The van der Waals surface area contributed by atoms with Crippen molar-refractivity contribution in [3.05, 3.63) is 27.3 Å². The zero-order chi connectivity index (χ0) is 16.9. The van der Waals surface area contributed by atoms with E-state index < -0.39 is 29.7 Å². The molecule has 2 N–H and O–H groups in total. The molecule has 0 aliphatic rings. The Morgan fingerprint density at radius 3 is 2.27 bits per heavy atom. The first-order valence-electron chi connectivity index (χ1n) is 6.54. The molecule has 0 radical (unpaired) electrons. The minimum atomic E-state index is -0.863. The molecule has 0 bridgehead atoms. The van der Waals surface area contributed by atoms with Crippen molar-refractivity contribution < 1.29 is 23.1 Å². The van der Waals surface area contributed by atoms with Gasteiger partial charge in [-0.2, -0.15) is 0 Å². The summed E-state index contributed by atoms with van der Waals surface area (Å²) in [5, 5.41) is 4.79.